The van der Waals surface area contributed by atoms with E-state index in [1.807, 2.05) is 0 Å². The van der Waals surface area contributed by atoms with Crippen LogP contribution in [0.3, 0.4) is 0 Å². The van der Waals surface area contributed by atoms with E-state index in [2.05, 4.69) is 183 Å². The number of nitrogens with one attached hydrogen (secondary N) is 2. The van der Waals surface area contributed by atoms with Crippen LogP contribution in [-0.2, 0) is 0 Å². The van der Waals surface area contributed by atoms with Crippen LogP contribution in [0.15, 0.2) is 36.4 Å². The third-order valence-electron chi connectivity index (χ3n) is 12.2. The molecule has 2 N–H and O–H groups in total. The molecule has 0 saturated heterocycles. The minimum Gasteiger partial charge on any atom is -0.355 e. The van der Waals surface area contributed by atoms with E-state index in [1.165, 1.54) is 71.8 Å². The second kappa shape index (κ2) is 18.3. The highest BCUT2D eigenvalue weighted by atomic mass is 32.8. The average Bonchev–Trinajstić information content (AvgIpc) is 3.99. The Morgan fingerprint density at radius 1 is 0.579 bits per heavy atom. The third kappa shape index (κ3) is 8.37. The number of aromatic nitrogens is 4. The van der Waals surface area contributed by atoms with Gasteiger partial charge < -0.3 is 9.97 Å². The predicted molar refractivity (Wildman–Crippen MR) is 294 cm³/mol. The van der Waals surface area contributed by atoms with Gasteiger partial charge in [-0.25, -0.2) is 4.98 Å². The van der Waals surface area contributed by atoms with Crippen LogP contribution in [-0.4, -0.2) is 19.9 Å². The van der Waals surface area contributed by atoms with E-state index in [-0.39, 0.29) is 11.8 Å². The van der Waals surface area contributed by atoms with E-state index < -0.39 is 28.9 Å². The van der Waals surface area contributed by atoms with E-state index in [1.54, 1.807) is 5.30 Å². The van der Waals surface area contributed by atoms with Crippen molar-refractivity contribution in [1.29, 1.82) is 0 Å². The minimum absolute atomic E-state index is 0.229. The Morgan fingerprint density at radius 3 is 1.72 bits per heavy atom. The molecule has 5 aromatic rings. The lowest BCUT2D eigenvalue weighted by molar-refractivity contribution is 0.656. The number of hydrogen-bond donors (Lipinski definition) is 2. The maximum Gasteiger partial charge on any atom is 0.0737 e. The Bertz CT molecular complexity index is 2620. The van der Waals surface area contributed by atoms with Crippen LogP contribution in [0, 0.1) is 48.5 Å². The van der Waals surface area contributed by atoms with Crippen LogP contribution < -0.4 is 15.9 Å². The van der Waals surface area contributed by atoms with Crippen LogP contribution >= 0.6 is 99.3 Å². The Morgan fingerprint density at radius 2 is 1.14 bits per heavy atom. The molecule has 16 heteroatoms. The van der Waals surface area contributed by atoms with Crippen molar-refractivity contribution in [3.05, 3.63) is 98.1 Å². The Hall–Kier alpha value is 0.460. The summed E-state index contributed by atoms with van der Waals surface area (Å²) in [5.41, 5.74) is 22.9. The van der Waals surface area contributed by atoms with Crippen LogP contribution in [0.2, 0.25) is 0 Å². The molecular weight excluding hydrogens is 920 g/mol. The van der Waals surface area contributed by atoms with Gasteiger partial charge >= 0.3 is 0 Å². The molecule has 0 fully saturated rings. The molecule has 0 spiro atoms. The van der Waals surface area contributed by atoms with E-state index in [0.717, 1.165) is 52.8 Å². The Labute approximate surface area is 361 Å². The molecule has 0 aliphatic carbocycles. The summed E-state index contributed by atoms with van der Waals surface area (Å²) in [4.78, 5) is 18.8. The number of benzene rings is 2. The van der Waals surface area contributed by atoms with Crippen molar-refractivity contribution >= 4 is 149 Å². The molecule has 12 unspecified atom stereocenters. The van der Waals surface area contributed by atoms with Crippen molar-refractivity contribution in [3.63, 3.8) is 0 Å². The molecule has 57 heavy (non-hydrogen) atoms. The summed E-state index contributed by atoms with van der Waals surface area (Å²) in [5, 5.41) is 4.57. The SMILES string of the molecule is Cc1c(C)c(C)c(-c2c3nc(cc4ccc([nH]4)c(-c4c(C)c(C)c(P(P)P)c(P(P)PP)c4P(P)P(P)P)c4nc(cc5ccc2[nH]5)C=C4)C(C)C3C)c(C)c1C. The Balaban J connectivity index is 1.65. The van der Waals surface area contributed by atoms with Gasteiger partial charge in [0.1, 0.15) is 0 Å². The van der Waals surface area contributed by atoms with Gasteiger partial charge in [0.15, 0.2) is 0 Å². The number of hydrogen-bond acceptors (Lipinski definition) is 2. The van der Waals surface area contributed by atoms with Crippen molar-refractivity contribution in [1.82, 2.24) is 19.9 Å². The minimum atomic E-state index is -0.582. The molecule has 3 aromatic heterocycles. The molecule has 0 radical (unpaired) electrons. The lowest BCUT2D eigenvalue weighted by atomic mass is 9.83. The molecule has 7 rings (SSSR count). The van der Waals surface area contributed by atoms with Gasteiger partial charge in [-0.05, 0) is 181 Å². The zero-order valence-electron chi connectivity index (χ0n) is 34.0. The summed E-state index contributed by atoms with van der Waals surface area (Å²) in [7, 11) is 21.5. The van der Waals surface area contributed by atoms with Crippen molar-refractivity contribution in [2.24, 2.45) is 0 Å². The molecule has 0 amide bonds. The number of fused-ring (bicyclic) bond motifs is 8. The lowest BCUT2D eigenvalue weighted by Crippen LogP contribution is -2.35. The van der Waals surface area contributed by atoms with Crippen LogP contribution in [0.4, 0.5) is 0 Å². The van der Waals surface area contributed by atoms with Crippen LogP contribution in [0.25, 0.3) is 56.5 Å². The van der Waals surface area contributed by atoms with Gasteiger partial charge in [-0.1, -0.05) is 21.8 Å². The van der Waals surface area contributed by atoms with Crippen LogP contribution in [0.1, 0.15) is 87.4 Å². The summed E-state index contributed by atoms with van der Waals surface area (Å²) in [6, 6.07) is 13.4. The molecular formula is C41H54N4P12. The second-order valence-electron chi connectivity index (χ2n) is 15.2. The summed E-state index contributed by atoms with van der Waals surface area (Å²) in [6.45, 7) is 20.3. The van der Waals surface area contributed by atoms with Gasteiger partial charge in [0.05, 0.1) is 17.1 Å². The lowest BCUT2D eigenvalue weighted by Gasteiger charge is -2.32. The van der Waals surface area contributed by atoms with Crippen LogP contribution in [0.5, 0.6) is 0 Å². The van der Waals surface area contributed by atoms with Crippen molar-refractivity contribution in [2.45, 2.75) is 74.1 Å². The second-order valence-corrected chi connectivity index (χ2v) is 45.9. The third-order valence-corrected chi connectivity index (χ3v) is 41.2. The highest BCUT2D eigenvalue weighted by Crippen LogP contribution is 2.83. The molecule has 12 atom stereocenters. The monoisotopic (exact) mass is 974 g/mol. The maximum absolute atomic E-state index is 5.57. The molecule has 5 heterocycles. The first kappa shape index (κ1) is 45.5. The summed E-state index contributed by atoms with van der Waals surface area (Å²) in [5.74, 6) is 0.472. The van der Waals surface area contributed by atoms with E-state index in [0.29, 0.717) is 0 Å². The predicted octanol–water partition coefficient (Wildman–Crippen LogP) is 14.7. The molecule has 0 saturated carbocycles. The summed E-state index contributed by atoms with van der Waals surface area (Å²) < 4.78 is 0. The topological polar surface area (TPSA) is 57.4 Å². The van der Waals surface area contributed by atoms with Gasteiger partial charge in [-0.2, -0.15) is 0 Å². The standard InChI is InChI=1S/C41H54N4P12/c1-18-19(2)22(5)34(23(6)20(18)3)37-32-15-11-28(43-32)16-27-10-13-30(42-27)36(31-14-12-29(44-31)17-33-21(4)25(8)38(37)45-33)35-24(7)26(9)39(54(47)48)41(55(49)53-46)40(35)56(50)57(51)52/h10-17,21,25,43-44,53H,46-52H2,1-9H3. The van der Waals surface area contributed by atoms with E-state index >= 15 is 0 Å². The fourth-order valence-electron chi connectivity index (χ4n) is 8.36. The van der Waals surface area contributed by atoms with Crippen molar-refractivity contribution in [3.8, 4) is 22.3 Å². The molecule has 8 bridgehead atoms. The van der Waals surface area contributed by atoms with Crippen molar-refractivity contribution < 1.29 is 0 Å². The summed E-state index contributed by atoms with van der Waals surface area (Å²) >= 11 is 0. The molecule has 298 valence electrons. The highest BCUT2D eigenvalue weighted by Gasteiger charge is 2.32. The maximum atomic E-state index is 5.57. The smallest absolute Gasteiger partial charge is 0.0737 e. The molecule has 2 aliphatic heterocycles. The molecule has 4 nitrogen and oxygen atoms in total. The van der Waals surface area contributed by atoms with Gasteiger partial charge in [-0.3, -0.25) is 4.98 Å². The molecule has 2 aliphatic rings. The average molecular weight is 975 g/mol. The Kier molecular flexibility index (Phi) is 14.6. The fraction of sp³-hybridized carbons (Fsp3) is 0.268. The zero-order valence-corrected chi connectivity index (χ0v) is 46.7. The highest BCUT2D eigenvalue weighted by molar-refractivity contribution is 8.83. The zero-order chi connectivity index (χ0) is 41.4. The largest absolute Gasteiger partial charge is 0.355 e. The normalized spacial score (nSPS) is 16.8. The van der Waals surface area contributed by atoms with Gasteiger partial charge in [0, 0.05) is 61.3 Å². The number of rotatable bonds is 7. The number of nitrogens with zero attached hydrogens (tertiary/aromatic N) is 2. The van der Waals surface area contributed by atoms with Gasteiger partial charge in [0.25, 0.3) is 0 Å². The first-order valence-electron chi connectivity index (χ1n) is 18.8. The molecule has 2 aromatic carbocycles. The number of H-pyrrole nitrogens is 2. The van der Waals surface area contributed by atoms with E-state index in [9.17, 15) is 0 Å². The fourth-order valence-corrected chi connectivity index (χ4v) is 24.1. The summed E-state index contributed by atoms with van der Waals surface area (Å²) in [6.07, 6.45) is 4.40. The van der Waals surface area contributed by atoms with Gasteiger partial charge in [0.2, 0.25) is 0 Å². The van der Waals surface area contributed by atoms with Gasteiger partial charge in [-0.15, -0.1) is 62.5 Å². The first-order chi connectivity index (χ1) is 27.0. The number of aromatic amines is 2. The first-order valence-corrected chi connectivity index (χ1v) is 38.2. The quantitative estimate of drug-likeness (QED) is 0.157. The van der Waals surface area contributed by atoms with Crippen molar-refractivity contribution in [2.75, 3.05) is 0 Å². The van der Waals surface area contributed by atoms with E-state index in [4.69, 9.17) is 9.97 Å².